The summed E-state index contributed by atoms with van der Waals surface area (Å²) in [4.78, 5) is 14.3. The highest BCUT2D eigenvalue weighted by Crippen LogP contribution is 2.41. The maximum atomic E-state index is 12.8. The Kier molecular flexibility index (Phi) is 5.73. The molecule has 0 fully saturated rings. The van der Waals surface area contributed by atoms with Gasteiger partial charge in [0.2, 0.25) is 0 Å². The van der Waals surface area contributed by atoms with Gasteiger partial charge in [0.1, 0.15) is 17.7 Å². The Morgan fingerprint density at radius 2 is 1.26 bits per heavy atom. The van der Waals surface area contributed by atoms with Crippen LogP contribution in [-0.2, 0) is 0 Å². The van der Waals surface area contributed by atoms with E-state index in [4.69, 9.17) is 0 Å². The highest BCUT2D eigenvalue weighted by Gasteiger charge is 2.34. The number of para-hydroxylation sites is 2. The molecular weight excluding hydrogens is 434 g/mol. The average molecular weight is 444 g/mol. The second kappa shape index (κ2) is 8.13. The minimum atomic E-state index is -5.08. The van der Waals surface area contributed by atoms with E-state index in [1.54, 1.807) is 0 Å². The van der Waals surface area contributed by atoms with Gasteiger partial charge in [-0.1, -0.05) is 30.3 Å². The molecular formula is C19H10F6N2O4. The molecule has 12 heteroatoms. The number of rotatable bonds is 5. The lowest BCUT2D eigenvalue weighted by atomic mass is 10.0. The molecule has 3 aromatic rings. The van der Waals surface area contributed by atoms with Gasteiger partial charge in [-0.05, 0) is 24.3 Å². The first-order valence-corrected chi connectivity index (χ1v) is 8.29. The van der Waals surface area contributed by atoms with Crippen LogP contribution in [0.2, 0.25) is 0 Å². The summed E-state index contributed by atoms with van der Waals surface area (Å²) in [5.41, 5.74) is -1.68. The molecule has 0 radical (unpaired) electrons. The minimum Gasteiger partial charge on any atom is -0.405 e. The Labute approximate surface area is 169 Å². The zero-order valence-electron chi connectivity index (χ0n) is 15.1. The zero-order chi connectivity index (χ0) is 22.8. The van der Waals surface area contributed by atoms with Crippen LogP contribution >= 0.6 is 0 Å². The van der Waals surface area contributed by atoms with Gasteiger partial charge < -0.3 is 9.47 Å². The molecule has 31 heavy (non-hydrogen) atoms. The smallest absolute Gasteiger partial charge is 0.405 e. The summed E-state index contributed by atoms with van der Waals surface area (Å²) in [6.07, 6.45) is -9.36. The van der Waals surface area contributed by atoms with Gasteiger partial charge in [0, 0.05) is 11.1 Å². The van der Waals surface area contributed by atoms with Gasteiger partial charge in [-0.2, -0.15) is 0 Å². The molecule has 0 aliphatic carbocycles. The first kappa shape index (κ1) is 21.9. The van der Waals surface area contributed by atoms with Crippen molar-refractivity contribution in [1.82, 2.24) is 4.98 Å². The summed E-state index contributed by atoms with van der Waals surface area (Å²) in [5.74, 6) is -1.36. The molecule has 0 unspecified atom stereocenters. The van der Waals surface area contributed by atoms with Crippen LogP contribution in [0.4, 0.5) is 32.0 Å². The van der Waals surface area contributed by atoms with Crippen molar-refractivity contribution in [3.05, 3.63) is 70.9 Å². The lowest BCUT2D eigenvalue weighted by Gasteiger charge is -2.15. The highest BCUT2D eigenvalue weighted by molar-refractivity contribution is 5.82. The van der Waals surface area contributed by atoms with E-state index >= 15 is 0 Å². The monoisotopic (exact) mass is 444 g/mol. The molecule has 0 amide bonds. The van der Waals surface area contributed by atoms with Crippen molar-refractivity contribution in [1.29, 1.82) is 0 Å². The predicted octanol–water partition coefficient (Wildman–Crippen LogP) is 6.12. The van der Waals surface area contributed by atoms with E-state index in [0.717, 1.165) is 30.5 Å². The Bertz CT molecular complexity index is 1120. The Hall–Kier alpha value is -3.83. The quantitative estimate of drug-likeness (QED) is 0.269. The molecule has 0 bridgehead atoms. The molecule has 0 aliphatic rings. The molecule has 162 valence electrons. The van der Waals surface area contributed by atoms with Gasteiger partial charge in [-0.25, -0.2) is 4.98 Å². The molecule has 0 saturated carbocycles. The number of alkyl halides is 6. The van der Waals surface area contributed by atoms with Gasteiger partial charge in [0.05, 0.1) is 16.2 Å². The Morgan fingerprint density at radius 3 is 1.77 bits per heavy atom. The van der Waals surface area contributed by atoms with E-state index in [1.807, 2.05) is 0 Å². The number of nitro groups is 1. The summed E-state index contributed by atoms with van der Waals surface area (Å²) < 4.78 is 84.3. The number of aromatic nitrogens is 1. The lowest BCUT2D eigenvalue weighted by molar-refractivity contribution is -0.384. The summed E-state index contributed by atoms with van der Waals surface area (Å²) >= 11 is 0. The van der Waals surface area contributed by atoms with E-state index in [1.165, 1.54) is 30.3 Å². The van der Waals surface area contributed by atoms with Crippen LogP contribution in [0.25, 0.3) is 22.4 Å². The molecule has 1 aromatic heterocycles. The molecule has 0 spiro atoms. The van der Waals surface area contributed by atoms with Crippen molar-refractivity contribution in [2.45, 2.75) is 12.7 Å². The molecule has 3 rings (SSSR count). The lowest BCUT2D eigenvalue weighted by Crippen LogP contribution is -2.18. The van der Waals surface area contributed by atoms with Crippen LogP contribution in [0.5, 0.6) is 11.5 Å². The summed E-state index contributed by atoms with van der Waals surface area (Å²) in [6.45, 7) is 0. The Balaban J connectivity index is 2.20. The van der Waals surface area contributed by atoms with Crippen LogP contribution in [0.1, 0.15) is 0 Å². The zero-order valence-corrected chi connectivity index (χ0v) is 15.1. The van der Waals surface area contributed by atoms with Crippen LogP contribution in [0, 0.1) is 10.1 Å². The largest absolute Gasteiger partial charge is 0.573 e. The molecule has 6 nitrogen and oxygen atoms in total. The molecule has 1 heterocycles. The highest BCUT2D eigenvalue weighted by atomic mass is 19.4. The maximum Gasteiger partial charge on any atom is 0.573 e. The molecule has 0 atom stereocenters. The third-order valence-electron chi connectivity index (χ3n) is 3.87. The number of benzene rings is 2. The molecule has 0 saturated heterocycles. The standard InChI is InChI=1S/C19H10F6N2O4/c20-18(21,22)30-16-7-3-1-5-11(16)13-9-14(26-10-15(13)27(28)29)12-6-2-4-8-17(12)31-19(23,24)25/h1-10H. The minimum absolute atomic E-state index is 0.176. The van der Waals surface area contributed by atoms with E-state index in [9.17, 15) is 36.5 Å². The number of hydrogen-bond donors (Lipinski definition) is 0. The number of ether oxygens (including phenoxy) is 2. The van der Waals surface area contributed by atoms with Crippen molar-refractivity contribution in [2.24, 2.45) is 0 Å². The van der Waals surface area contributed by atoms with Gasteiger partial charge >= 0.3 is 12.7 Å². The molecule has 0 aliphatic heterocycles. The van der Waals surface area contributed by atoms with Crippen molar-refractivity contribution >= 4 is 5.69 Å². The maximum absolute atomic E-state index is 12.8. The fourth-order valence-corrected chi connectivity index (χ4v) is 2.75. The van der Waals surface area contributed by atoms with Gasteiger partial charge in [-0.3, -0.25) is 10.1 Å². The fourth-order valence-electron chi connectivity index (χ4n) is 2.75. The van der Waals surface area contributed by atoms with Crippen LogP contribution in [0.3, 0.4) is 0 Å². The number of pyridine rings is 1. The SMILES string of the molecule is O=[N+]([O-])c1cnc(-c2ccccc2OC(F)(F)F)cc1-c1ccccc1OC(F)(F)F. The summed E-state index contributed by atoms with van der Waals surface area (Å²) in [5, 5.41) is 11.4. The third kappa shape index (κ3) is 5.41. The van der Waals surface area contributed by atoms with Gasteiger partial charge in [0.25, 0.3) is 5.69 Å². The molecule has 0 N–H and O–H groups in total. The average Bonchev–Trinajstić information content (AvgIpc) is 2.66. The Morgan fingerprint density at radius 1 is 0.774 bits per heavy atom. The first-order valence-electron chi connectivity index (χ1n) is 8.29. The topological polar surface area (TPSA) is 74.5 Å². The van der Waals surface area contributed by atoms with Crippen molar-refractivity contribution in [3.63, 3.8) is 0 Å². The van der Waals surface area contributed by atoms with E-state index < -0.39 is 34.8 Å². The van der Waals surface area contributed by atoms with Crippen LogP contribution < -0.4 is 9.47 Å². The first-order chi connectivity index (χ1) is 14.4. The number of halogens is 6. The normalized spacial score (nSPS) is 11.8. The van der Waals surface area contributed by atoms with E-state index in [0.29, 0.717) is 0 Å². The number of nitrogens with zero attached hydrogens (tertiary/aromatic N) is 2. The van der Waals surface area contributed by atoms with Crippen molar-refractivity contribution < 1.29 is 40.7 Å². The molecule has 2 aromatic carbocycles. The van der Waals surface area contributed by atoms with Gasteiger partial charge in [-0.15, -0.1) is 26.3 Å². The van der Waals surface area contributed by atoms with E-state index in [2.05, 4.69) is 14.5 Å². The third-order valence-corrected chi connectivity index (χ3v) is 3.87. The van der Waals surface area contributed by atoms with Gasteiger partial charge in [0.15, 0.2) is 0 Å². The van der Waals surface area contributed by atoms with Crippen LogP contribution in [-0.4, -0.2) is 22.6 Å². The predicted molar refractivity (Wildman–Crippen MR) is 95.1 cm³/mol. The number of hydrogen-bond acceptors (Lipinski definition) is 5. The second-order valence-electron chi connectivity index (χ2n) is 5.93. The fraction of sp³-hybridized carbons (Fsp3) is 0.105. The second-order valence-corrected chi connectivity index (χ2v) is 5.93. The summed E-state index contributed by atoms with van der Waals surface area (Å²) in [6, 6.07) is 10.5. The van der Waals surface area contributed by atoms with Crippen molar-refractivity contribution in [2.75, 3.05) is 0 Å². The van der Waals surface area contributed by atoms with Crippen LogP contribution in [0.15, 0.2) is 60.8 Å². The van der Waals surface area contributed by atoms with E-state index in [-0.39, 0.29) is 22.4 Å². The summed E-state index contributed by atoms with van der Waals surface area (Å²) in [7, 11) is 0. The van der Waals surface area contributed by atoms with Crippen molar-refractivity contribution in [3.8, 4) is 33.9 Å².